The SMILES string of the molecule is CC(C)(C)c1cc(C(=O)Cn2c(=N)n(Cc3ccc(N)nc3)c3ccccc32)cc(C(C)(C)C)c1O.Cl.Cl. The summed E-state index contributed by atoms with van der Waals surface area (Å²) in [6.45, 7) is 12.6. The first-order valence-corrected chi connectivity index (χ1v) is 12.1. The topological polar surface area (TPSA) is 110 Å². The molecular formula is C29H37Cl2N5O2. The highest BCUT2D eigenvalue weighted by atomic mass is 35.5. The number of ketones is 1. The van der Waals surface area contributed by atoms with E-state index in [9.17, 15) is 9.90 Å². The highest BCUT2D eigenvalue weighted by Crippen LogP contribution is 2.40. The molecule has 0 saturated heterocycles. The Balaban J connectivity index is 0.00000253. The van der Waals surface area contributed by atoms with E-state index < -0.39 is 0 Å². The average molecular weight is 559 g/mol. The number of fused-ring (bicyclic) bond motifs is 1. The number of halogens is 2. The number of anilines is 1. The number of imidazole rings is 1. The van der Waals surface area contributed by atoms with Gasteiger partial charge in [0, 0.05) is 22.9 Å². The molecule has 7 nitrogen and oxygen atoms in total. The largest absolute Gasteiger partial charge is 0.507 e. The molecule has 0 aliphatic carbocycles. The van der Waals surface area contributed by atoms with Gasteiger partial charge in [-0.3, -0.25) is 10.2 Å². The maximum atomic E-state index is 13.7. The Kier molecular flexibility index (Phi) is 9.13. The van der Waals surface area contributed by atoms with Gasteiger partial charge in [0.15, 0.2) is 5.78 Å². The van der Waals surface area contributed by atoms with Crippen molar-refractivity contribution in [3.8, 4) is 5.75 Å². The number of benzene rings is 2. The predicted octanol–water partition coefficient (Wildman–Crippen LogP) is 5.97. The Bertz CT molecular complexity index is 1470. The van der Waals surface area contributed by atoms with Gasteiger partial charge >= 0.3 is 0 Å². The third-order valence-electron chi connectivity index (χ3n) is 6.51. The number of para-hydroxylation sites is 2. The number of carbonyl (C=O) groups is 1. The van der Waals surface area contributed by atoms with Gasteiger partial charge in [0.05, 0.1) is 24.1 Å². The van der Waals surface area contributed by atoms with Crippen molar-refractivity contribution < 1.29 is 9.90 Å². The lowest BCUT2D eigenvalue weighted by atomic mass is 9.78. The number of phenolic OH excluding ortho intramolecular Hbond substituents is 1. The van der Waals surface area contributed by atoms with Crippen molar-refractivity contribution in [2.75, 3.05) is 5.73 Å². The lowest BCUT2D eigenvalue weighted by Gasteiger charge is -2.28. The van der Waals surface area contributed by atoms with Crippen LogP contribution in [0.1, 0.15) is 68.6 Å². The lowest BCUT2D eigenvalue weighted by Crippen LogP contribution is -2.28. The molecule has 0 saturated carbocycles. The molecule has 4 rings (SSSR count). The number of nitrogens with one attached hydrogen (secondary N) is 1. The Hall–Kier alpha value is -3.29. The van der Waals surface area contributed by atoms with E-state index in [0.717, 1.165) is 27.7 Å². The third kappa shape index (κ3) is 6.05. The fraction of sp³-hybridized carbons (Fsp3) is 0.345. The molecule has 2 heterocycles. The Morgan fingerprint density at radius 1 is 0.921 bits per heavy atom. The molecule has 4 N–H and O–H groups in total. The van der Waals surface area contributed by atoms with Crippen molar-refractivity contribution >= 4 is 47.4 Å². The molecular weight excluding hydrogens is 521 g/mol. The van der Waals surface area contributed by atoms with Gasteiger partial charge in [-0.1, -0.05) is 59.7 Å². The first-order valence-electron chi connectivity index (χ1n) is 12.1. The van der Waals surface area contributed by atoms with Crippen molar-refractivity contribution in [3.05, 3.63) is 82.6 Å². The second-order valence-electron chi connectivity index (χ2n) is 11.4. The zero-order valence-corrected chi connectivity index (χ0v) is 24.3. The number of rotatable bonds is 5. The molecule has 0 radical (unpaired) electrons. The molecule has 0 aliphatic rings. The monoisotopic (exact) mass is 557 g/mol. The van der Waals surface area contributed by atoms with Crippen molar-refractivity contribution in [2.45, 2.75) is 65.5 Å². The standard InChI is InChI=1S/C29H35N5O2.2ClH/c1-28(2,3)20-13-19(14-21(26(20)36)29(4,5)6)24(35)17-34-23-10-8-7-9-22(23)33(27(34)31)16-18-11-12-25(30)32-15-18;;/h7-15,31,36H,16-17H2,1-6H3,(H2,30,32);2*1H. The van der Waals surface area contributed by atoms with Crippen molar-refractivity contribution in [1.82, 2.24) is 14.1 Å². The number of nitrogens with two attached hydrogens (primary N) is 1. The fourth-order valence-electron chi connectivity index (χ4n) is 4.50. The minimum Gasteiger partial charge on any atom is -0.507 e. The highest BCUT2D eigenvalue weighted by Gasteiger charge is 2.28. The van der Waals surface area contributed by atoms with E-state index in [4.69, 9.17) is 11.1 Å². The van der Waals surface area contributed by atoms with Crippen LogP contribution in [0.3, 0.4) is 0 Å². The molecule has 9 heteroatoms. The summed E-state index contributed by atoms with van der Waals surface area (Å²) in [5.41, 5.74) is 9.90. The van der Waals surface area contributed by atoms with Crippen LogP contribution in [0, 0.1) is 5.41 Å². The number of hydrogen-bond acceptors (Lipinski definition) is 5. The Morgan fingerprint density at radius 2 is 1.45 bits per heavy atom. The van der Waals surface area contributed by atoms with Gasteiger partial charge in [-0.25, -0.2) is 4.98 Å². The molecule has 0 unspecified atom stereocenters. The zero-order valence-electron chi connectivity index (χ0n) is 22.7. The van der Waals surface area contributed by atoms with Gasteiger partial charge in [0.2, 0.25) is 5.62 Å². The second kappa shape index (κ2) is 11.2. The molecule has 4 aromatic rings. The molecule has 2 aromatic heterocycles. The van der Waals surface area contributed by atoms with Crippen LogP contribution in [0.4, 0.5) is 5.82 Å². The van der Waals surface area contributed by atoms with E-state index in [-0.39, 0.29) is 59.3 Å². The number of hydrogen-bond donors (Lipinski definition) is 3. The van der Waals surface area contributed by atoms with Crippen LogP contribution in [0.5, 0.6) is 5.75 Å². The number of pyridine rings is 1. The first kappa shape index (κ1) is 30.9. The number of aromatic hydroxyl groups is 1. The number of phenols is 1. The minimum atomic E-state index is -0.336. The van der Waals surface area contributed by atoms with Gasteiger partial charge < -0.3 is 20.0 Å². The van der Waals surface area contributed by atoms with E-state index in [1.54, 1.807) is 29.0 Å². The Morgan fingerprint density at radius 3 is 1.92 bits per heavy atom. The Labute approximate surface area is 236 Å². The summed E-state index contributed by atoms with van der Waals surface area (Å²) < 4.78 is 3.61. The summed E-state index contributed by atoms with van der Waals surface area (Å²) in [5.74, 6) is 0.580. The average Bonchev–Trinajstić information content (AvgIpc) is 3.05. The maximum absolute atomic E-state index is 13.7. The second-order valence-corrected chi connectivity index (χ2v) is 11.4. The van der Waals surface area contributed by atoms with Gasteiger partial charge in [-0.05, 0) is 46.7 Å². The van der Waals surface area contributed by atoms with Crippen LogP contribution in [0.25, 0.3) is 11.0 Å². The highest BCUT2D eigenvalue weighted by molar-refractivity contribution is 5.97. The van der Waals surface area contributed by atoms with Gasteiger partial charge in [0.25, 0.3) is 0 Å². The van der Waals surface area contributed by atoms with Gasteiger partial charge in [-0.2, -0.15) is 0 Å². The number of aromatic nitrogens is 3. The van der Waals surface area contributed by atoms with Crippen LogP contribution < -0.4 is 11.4 Å². The van der Waals surface area contributed by atoms with E-state index in [2.05, 4.69) is 4.98 Å². The number of nitrogen functional groups attached to an aromatic ring is 1. The summed E-state index contributed by atoms with van der Waals surface area (Å²) in [4.78, 5) is 17.8. The van der Waals surface area contributed by atoms with E-state index >= 15 is 0 Å². The quantitative estimate of drug-likeness (QED) is 0.262. The van der Waals surface area contributed by atoms with Crippen molar-refractivity contribution in [3.63, 3.8) is 0 Å². The van der Waals surface area contributed by atoms with E-state index in [1.807, 2.05) is 76.4 Å². The van der Waals surface area contributed by atoms with Crippen LogP contribution >= 0.6 is 24.8 Å². The molecule has 0 amide bonds. The summed E-state index contributed by atoms with van der Waals surface area (Å²) >= 11 is 0. The van der Waals surface area contributed by atoms with Crippen molar-refractivity contribution in [2.24, 2.45) is 0 Å². The molecule has 0 bridgehead atoms. The minimum absolute atomic E-state index is 0. The summed E-state index contributed by atoms with van der Waals surface area (Å²) in [6.07, 6.45) is 1.71. The van der Waals surface area contributed by atoms with Gasteiger partial charge in [-0.15, -0.1) is 24.8 Å². The van der Waals surface area contributed by atoms with Crippen LogP contribution in [-0.4, -0.2) is 25.0 Å². The fourth-order valence-corrected chi connectivity index (χ4v) is 4.50. The predicted molar refractivity (Wildman–Crippen MR) is 158 cm³/mol. The van der Waals surface area contributed by atoms with Gasteiger partial charge in [0.1, 0.15) is 11.6 Å². The van der Waals surface area contributed by atoms with Crippen LogP contribution in [0.15, 0.2) is 54.7 Å². The molecule has 0 atom stereocenters. The molecule has 38 heavy (non-hydrogen) atoms. The molecule has 0 fully saturated rings. The summed E-state index contributed by atoms with van der Waals surface area (Å²) in [5, 5.41) is 20.0. The summed E-state index contributed by atoms with van der Waals surface area (Å²) in [7, 11) is 0. The smallest absolute Gasteiger partial charge is 0.203 e. The zero-order chi connectivity index (χ0) is 26.4. The normalized spacial score (nSPS) is 11.6. The van der Waals surface area contributed by atoms with Crippen LogP contribution in [-0.2, 0) is 23.9 Å². The number of Topliss-reactive ketones (excluding diaryl/α,β-unsaturated/α-hetero) is 1. The van der Waals surface area contributed by atoms with E-state index in [1.165, 1.54) is 0 Å². The van der Waals surface area contributed by atoms with Crippen molar-refractivity contribution in [1.29, 1.82) is 5.41 Å². The molecule has 0 spiro atoms. The lowest BCUT2D eigenvalue weighted by molar-refractivity contribution is 0.0971. The summed E-state index contributed by atoms with van der Waals surface area (Å²) in [6, 6.07) is 15.0. The molecule has 2 aromatic carbocycles. The van der Waals surface area contributed by atoms with E-state index in [0.29, 0.717) is 17.9 Å². The first-order chi connectivity index (χ1) is 16.8. The number of carbonyl (C=O) groups excluding carboxylic acids is 1. The molecule has 204 valence electrons. The van der Waals surface area contributed by atoms with Crippen LogP contribution in [0.2, 0.25) is 0 Å². The maximum Gasteiger partial charge on any atom is 0.203 e. The molecule has 0 aliphatic heterocycles. The third-order valence-corrected chi connectivity index (χ3v) is 6.51. The number of nitrogens with zero attached hydrogens (tertiary/aromatic N) is 3.